The Hall–Kier alpha value is -1.79. The molecule has 152 valence electrons. The summed E-state index contributed by atoms with van der Waals surface area (Å²) in [5, 5.41) is 2.76. The summed E-state index contributed by atoms with van der Waals surface area (Å²) >= 11 is 5.99. The number of amides is 2. The number of anilines is 1. The van der Waals surface area contributed by atoms with Crippen LogP contribution in [0.3, 0.4) is 0 Å². The lowest BCUT2D eigenvalue weighted by Crippen LogP contribution is -2.34. The van der Waals surface area contributed by atoms with E-state index in [2.05, 4.69) is 12.2 Å². The molecule has 0 aliphatic carbocycles. The van der Waals surface area contributed by atoms with E-state index in [0.717, 1.165) is 12.8 Å². The van der Waals surface area contributed by atoms with Crippen LogP contribution in [0.15, 0.2) is 18.2 Å². The van der Waals surface area contributed by atoms with E-state index in [4.69, 9.17) is 22.2 Å². The highest BCUT2D eigenvalue weighted by Crippen LogP contribution is 2.23. The van der Waals surface area contributed by atoms with Gasteiger partial charge in [-0.25, -0.2) is 15.4 Å². The van der Waals surface area contributed by atoms with Gasteiger partial charge in [0.1, 0.15) is 0 Å². The molecule has 1 aromatic rings. The van der Waals surface area contributed by atoms with Crippen LogP contribution in [-0.4, -0.2) is 18.6 Å². The number of carbonyl (C=O) groups excluding carboxylic acids is 2. The molecule has 0 radical (unpaired) electrons. The molecule has 0 aliphatic heterocycles. The van der Waals surface area contributed by atoms with Crippen molar-refractivity contribution < 1.29 is 14.3 Å². The first-order valence-electron chi connectivity index (χ1n) is 9.82. The normalized spacial score (nSPS) is 10.5. The van der Waals surface area contributed by atoms with Gasteiger partial charge < -0.3 is 10.1 Å². The Balaban J connectivity index is 2.20. The zero-order valence-corrected chi connectivity index (χ0v) is 16.9. The maximum atomic E-state index is 12.1. The molecule has 0 aliphatic rings. The number of esters is 1. The number of carbonyl (C=O) groups is 2. The zero-order chi connectivity index (χ0) is 19.9. The van der Waals surface area contributed by atoms with E-state index in [1.807, 2.05) is 5.43 Å². The molecule has 7 heteroatoms. The van der Waals surface area contributed by atoms with Crippen LogP contribution in [0, 0.1) is 0 Å². The molecule has 0 saturated heterocycles. The maximum absolute atomic E-state index is 12.1. The fraction of sp³-hybridized carbons (Fsp3) is 0.600. The number of halogens is 1. The molecule has 1 rings (SSSR count). The lowest BCUT2D eigenvalue weighted by molar-refractivity contribution is 0.0497. The maximum Gasteiger partial charge on any atom is 0.338 e. The minimum atomic E-state index is -0.618. The van der Waals surface area contributed by atoms with Crippen molar-refractivity contribution in [2.24, 2.45) is 5.84 Å². The third kappa shape index (κ3) is 10.2. The number of urea groups is 1. The second kappa shape index (κ2) is 14.3. The first-order valence-corrected chi connectivity index (χ1v) is 10.2. The summed E-state index contributed by atoms with van der Waals surface area (Å²) in [7, 11) is 0. The predicted octanol–water partition coefficient (Wildman–Crippen LogP) is 5.41. The SMILES string of the molecule is CCCCCCCCCCCCOC(=O)c1ccc(Cl)c(NC(=O)NN)c1. The van der Waals surface area contributed by atoms with E-state index in [1.165, 1.54) is 63.5 Å². The van der Waals surface area contributed by atoms with Crippen LogP contribution in [0.25, 0.3) is 0 Å². The minimum Gasteiger partial charge on any atom is -0.462 e. The Morgan fingerprint density at radius 2 is 1.59 bits per heavy atom. The van der Waals surface area contributed by atoms with Gasteiger partial charge in [-0.3, -0.25) is 5.43 Å². The van der Waals surface area contributed by atoms with Gasteiger partial charge in [0.05, 0.1) is 22.9 Å². The van der Waals surface area contributed by atoms with Crippen molar-refractivity contribution in [3.63, 3.8) is 0 Å². The zero-order valence-electron chi connectivity index (χ0n) is 16.2. The molecule has 0 atom stereocenters. The first kappa shape index (κ1) is 23.2. The smallest absolute Gasteiger partial charge is 0.338 e. The van der Waals surface area contributed by atoms with E-state index in [1.54, 1.807) is 6.07 Å². The molecule has 0 bridgehead atoms. The Morgan fingerprint density at radius 3 is 2.19 bits per heavy atom. The topological polar surface area (TPSA) is 93.4 Å². The molecule has 0 aromatic heterocycles. The molecule has 2 amide bonds. The second-order valence-electron chi connectivity index (χ2n) is 6.61. The van der Waals surface area contributed by atoms with E-state index < -0.39 is 12.0 Å². The van der Waals surface area contributed by atoms with Crippen LogP contribution in [0.2, 0.25) is 5.02 Å². The molecule has 0 saturated carbocycles. The highest BCUT2D eigenvalue weighted by Gasteiger charge is 2.11. The molecule has 1 aromatic carbocycles. The minimum absolute atomic E-state index is 0.299. The Morgan fingerprint density at radius 1 is 1.00 bits per heavy atom. The van der Waals surface area contributed by atoms with Crippen molar-refractivity contribution in [1.29, 1.82) is 0 Å². The van der Waals surface area contributed by atoms with Gasteiger partial charge >= 0.3 is 12.0 Å². The molecule has 0 fully saturated rings. The molecule has 0 unspecified atom stereocenters. The Bertz CT molecular complexity index is 582. The first-order chi connectivity index (χ1) is 13.1. The number of rotatable bonds is 13. The number of hydrogen-bond donors (Lipinski definition) is 3. The summed E-state index contributed by atoms with van der Waals surface area (Å²) in [5.74, 6) is 4.59. The van der Waals surface area contributed by atoms with Crippen molar-refractivity contribution in [2.75, 3.05) is 11.9 Å². The standard InChI is InChI=1S/C20H32ClN3O3/c1-2-3-4-5-6-7-8-9-10-11-14-27-19(25)16-12-13-17(21)18(15-16)23-20(26)24-22/h12-13,15H,2-11,14,22H2,1H3,(H2,23,24,26). The van der Waals surface area contributed by atoms with Gasteiger partial charge in [0, 0.05) is 0 Å². The molecule has 0 spiro atoms. The number of nitrogens with one attached hydrogen (secondary N) is 2. The van der Waals surface area contributed by atoms with Crippen LogP contribution in [-0.2, 0) is 4.74 Å². The summed E-state index contributed by atoms with van der Waals surface area (Å²) in [5.41, 5.74) is 2.57. The van der Waals surface area contributed by atoms with Gasteiger partial charge in [0.25, 0.3) is 0 Å². The number of unbranched alkanes of at least 4 members (excludes halogenated alkanes) is 9. The van der Waals surface area contributed by atoms with E-state index in [-0.39, 0.29) is 0 Å². The van der Waals surface area contributed by atoms with Crippen molar-refractivity contribution in [1.82, 2.24) is 5.43 Å². The number of hydrogen-bond acceptors (Lipinski definition) is 4. The number of ether oxygens (including phenoxy) is 1. The average Bonchev–Trinajstić information content (AvgIpc) is 2.67. The third-order valence-corrected chi connectivity index (χ3v) is 4.64. The summed E-state index contributed by atoms with van der Waals surface area (Å²) in [6.07, 6.45) is 12.3. The van der Waals surface area contributed by atoms with Crippen LogP contribution >= 0.6 is 11.6 Å². The number of hydrazine groups is 1. The molecule has 4 N–H and O–H groups in total. The van der Waals surface area contributed by atoms with Crippen LogP contribution in [0.5, 0.6) is 0 Å². The molecule has 6 nitrogen and oxygen atoms in total. The largest absolute Gasteiger partial charge is 0.462 e. The van der Waals surface area contributed by atoms with E-state index in [0.29, 0.717) is 22.9 Å². The second-order valence-corrected chi connectivity index (χ2v) is 7.02. The van der Waals surface area contributed by atoms with Crippen molar-refractivity contribution in [3.8, 4) is 0 Å². The van der Waals surface area contributed by atoms with Gasteiger partial charge in [0.15, 0.2) is 0 Å². The van der Waals surface area contributed by atoms with Crippen LogP contribution < -0.4 is 16.6 Å². The Labute approximate surface area is 167 Å². The average molecular weight is 398 g/mol. The monoisotopic (exact) mass is 397 g/mol. The highest BCUT2D eigenvalue weighted by atomic mass is 35.5. The molecule has 0 heterocycles. The molecule has 27 heavy (non-hydrogen) atoms. The summed E-state index contributed by atoms with van der Waals surface area (Å²) in [4.78, 5) is 23.4. The van der Waals surface area contributed by atoms with Crippen molar-refractivity contribution in [3.05, 3.63) is 28.8 Å². The lowest BCUT2D eigenvalue weighted by atomic mass is 10.1. The predicted molar refractivity (Wildman–Crippen MR) is 110 cm³/mol. The number of nitrogens with two attached hydrogens (primary N) is 1. The van der Waals surface area contributed by atoms with Gasteiger partial charge in [-0.15, -0.1) is 0 Å². The fourth-order valence-electron chi connectivity index (χ4n) is 2.74. The third-order valence-electron chi connectivity index (χ3n) is 4.31. The van der Waals surface area contributed by atoms with Crippen molar-refractivity contribution >= 4 is 29.3 Å². The van der Waals surface area contributed by atoms with Gasteiger partial charge in [-0.05, 0) is 24.6 Å². The van der Waals surface area contributed by atoms with Gasteiger partial charge in [-0.1, -0.05) is 76.3 Å². The summed E-state index contributed by atoms with van der Waals surface area (Å²) in [6, 6.07) is 3.95. The van der Waals surface area contributed by atoms with Gasteiger partial charge in [0.2, 0.25) is 0 Å². The molecular formula is C20H32ClN3O3. The van der Waals surface area contributed by atoms with E-state index in [9.17, 15) is 9.59 Å². The summed E-state index contributed by atoms with van der Waals surface area (Å²) < 4.78 is 5.29. The lowest BCUT2D eigenvalue weighted by Gasteiger charge is -2.09. The van der Waals surface area contributed by atoms with Crippen LogP contribution in [0.1, 0.15) is 81.5 Å². The Kier molecular flexibility index (Phi) is 12.3. The van der Waals surface area contributed by atoms with Crippen molar-refractivity contribution in [2.45, 2.75) is 71.1 Å². The van der Waals surface area contributed by atoms with Gasteiger partial charge in [-0.2, -0.15) is 0 Å². The van der Waals surface area contributed by atoms with E-state index >= 15 is 0 Å². The molecular weight excluding hydrogens is 366 g/mol. The number of benzene rings is 1. The highest BCUT2D eigenvalue weighted by molar-refractivity contribution is 6.33. The fourth-order valence-corrected chi connectivity index (χ4v) is 2.91. The quantitative estimate of drug-likeness (QED) is 0.136. The summed E-state index contributed by atoms with van der Waals surface area (Å²) in [6.45, 7) is 2.62. The van der Waals surface area contributed by atoms with Crippen LogP contribution in [0.4, 0.5) is 10.5 Å².